The second-order valence-corrected chi connectivity index (χ2v) is 13.4. The van der Waals surface area contributed by atoms with Gasteiger partial charge in [-0.3, -0.25) is 9.67 Å². The SMILES string of the molecule is CC(C)n1nc(-c2cncc(OC(F)F)c2)cc1C1[C@H]2CC(N3CCC4(CC3)CS(=O)(=O)C4)C[C@@H]12. The lowest BCUT2D eigenvalue weighted by Gasteiger charge is -2.48. The van der Waals surface area contributed by atoms with E-state index >= 15 is 0 Å². The van der Waals surface area contributed by atoms with Crippen molar-refractivity contribution in [3.63, 3.8) is 0 Å². The molecule has 2 aromatic rings. The molecule has 4 heterocycles. The first-order chi connectivity index (χ1) is 16.6. The lowest BCUT2D eigenvalue weighted by molar-refractivity contribution is -0.0500. The first kappa shape index (κ1) is 23.3. The van der Waals surface area contributed by atoms with Crippen LogP contribution in [0.3, 0.4) is 0 Å². The second kappa shape index (κ2) is 8.23. The summed E-state index contributed by atoms with van der Waals surface area (Å²) in [4.78, 5) is 6.66. The fourth-order valence-corrected chi connectivity index (χ4v) is 9.39. The van der Waals surface area contributed by atoms with Crippen LogP contribution in [0.25, 0.3) is 11.3 Å². The van der Waals surface area contributed by atoms with Crippen molar-refractivity contribution < 1.29 is 21.9 Å². The summed E-state index contributed by atoms with van der Waals surface area (Å²) in [5.74, 6) is 2.59. The molecule has 2 aliphatic carbocycles. The highest BCUT2D eigenvalue weighted by molar-refractivity contribution is 7.92. The minimum atomic E-state index is -2.89. The molecule has 0 aromatic carbocycles. The molecule has 7 nitrogen and oxygen atoms in total. The Morgan fingerprint density at radius 3 is 2.37 bits per heavy atom. The molecule has 2 aliphatic heterocycles. The molecule has 0 radical (unpaired) electrons. The summed E-state index contributed by atoms with van der Waals surface area (Å²) in [5.41, 5.74) is 2.69. The highest BCUT2D eigenvalue weighted by atomic mass is 32.2. The predicted molar refractivity (Wildman–Crippen MR) is 127 cm³/mol. The molecule has 0 bridgehead atoms. The van der Waals surface area contributed by atoms with Gasteiger partial charge >= 0.3 is 6.61 Å². The first-order valence-electron chi connectivity index (χ1n) is 12.6. The van der Waals surface area contributed by atoms with E-state index in [-0.39, 0.29) is 17.2 Å². The van der Waals surface area contributed by atoms with E-state index in [1.165, 1.54) is 24.7 Å². The molecule has 0 amide bonds. The Bertz CT molecular complexity index is 1200. The predicted octanol–water partition coefficient (Wildman–Crippen LogP) is 4.13. The van der Waals surface area contributed by atoms with Crippen LogP contribution in [0.2, 0.25) is 0 Å². The highest BCUT2D eigenvalue weighted by Crippen LogP contribution is 2.64. The van der Waals surface area contributed by atoms with E-state index in [0.717, 1.165) is 31.6 Å². The average Bonchev–Trinajstić information content (AvgIpc) is 3.13. The molecule has 2 unspecified atom stereocenters. The third-order valence-electron chi connectivity index (χ3n) is 8.68. The van der Waals surface area contributed by atoms with Crippen LogP contribution in [-0.4, -0.2) is 65.3 Å². The number of pyridine rings is 1. The number of rotatable bonds is 6. The Balaban J connectivity index is 1.13. The summed E-state index contributed by atoms with van der Waals surface area (Å²) >= 11 is 0. The highest BCUT2D eigenvalue weighted by Gasteiger charge is 2.59. The molecular weight excluding hydrogens is 474 g/mol. The number of hydrogen-bond donors (Lipinski definition) is 0. The minimum Gasteiger partial charge on any atom is -0.433 e. The topological polar surface area (TPSA) is 77.3 Å². The molecule has 2 aromatic heterocycles. The summed E-state index contributed by atoms with van der Waals surface area (Å²) in [7, 11) is -2.77. The number of halogens is 2. The van der Waals surface area contributed by atoms with E-state index < -0.39 is 16.4 Å². The number of sulfone groups is 1. The summed E-state index contributed by atoms with van der Waals surface area (Å²) in [6.07, 6.45) is 7.29. The molecule has 1 spiro atoms. The van der Waals surface area contributed by atoms with Crippen LogP contribution in [-0.2, 0) is 9.84 Å². The maximum atomic E-state index is 12.6. The Labute approximate surface area is 204 Å². The summed E-state index contributed by atoms with van der Waals surface area (Å²) in [6, 6.07) is 4.46. The number of ether oxygens (including phenoxy) is 1. The third kappa shape index (κ3) is 4.26. The van der Waals surface area contributed by atoms with E-state index in [1.54, 1.807) is 12.3 Å². The summed E-state index contributed by atoms with van der Waals surface area (Å²) in [6.45, 7) is 3.37. The van der Waals surface area contributed by atoms with Crippen LogP contribution in [0.4, 0.5) is 8.78 Å². The number of hydrogen-bond acceptors (Lipinski definition) is 6. The van der Waals surface area contributed by atoms with Crippen LogP contribution < -0.4 is 4.74 Å². The Kier molecular flexibility index (Phi) is 5.49. The van der Waals surface area contributed by atoms with Gasteiger partial charge in [-0.25, -0.2) is 8.42 Å². The van der Waals surface area contributed by atoms with Gasteiger partial charge in [-0.2, -0.15) is 13.9 Å². The smallest absolute Gasteiger partial charge is 0.387 e. The lowest BCUT2D eigenvalue weighted by atomic mass is 9.80. The van der Waals surface area contributed by atoms with E-state index in [1.807, 2.05) is 0 Å². The zero-order chi connectivity index (χ0) is 24.5. The van der Waals surface area contributed by atoms with E-state index in [0.29, 0.717) is 40.9 Å². The normalized spacial score (nSPS) is 31.0. The van der Waals surface area contributed by atoms with Crippen LogP contribution in [0.15, 0.2) is 24.5 Å². The van der Waals surface area contributed by atoms with Gasteiger partial charge < -0.3 is 9.64 Å². The molecule has 4 fully saturated rings. The van der Waals surface area contributed by atoms with Crippen LogP contribution in [0.5, 0.6) is 5.75 Å². The molecular formula is C25H32F2N4O3S. The quantitative estimate of drug-likeness (QED) is 0.586. The van der Waals surface area contributed by atoms with Gasteiger partial charge in [0.2, 0.25) is 0 Å². The number of likely N-dealkylation sites (tertiary alicyclic amines) is 1. The van der Waals surface area contributed by atoms with E-state index in [2.05, 4.69) is 39.2 Å². The van der Waals surface area contributed by atoms with Gasteiger partial charge in [0.1, 0.15) is 5.75 Å². The molecule has 10 heteroatoms. The summed E-state index contributed by atoms with van der Waals surface area (Å²) in [5, 5.41) is 4.82. The maximum absolute atomic E-state index is 12.6. The lowest BCUT2D eigenvalue weighted by Crippen LogP contribution is -2.55. The van der Waals surface area contributed by atoms with Crippen molar-refractivity contribution in [2.24, 2.45) is 17.3 Å². The first-order valence-corrected chi connectivity index (χ1v) is 14.4. The number of aromatic nitrogens is 3. The average molecular weight is 507 g/mol. The van der Waals surface area contributed by atoms with Gasteiger partial charge in [0.15, 0.2) is 9.84 Å². The van der Waals surface area contributed by atoms with E-state index in [9.17, 15) is 17.2 Å². The standard InChI is InChI=1S/C25H32F2N4O3S/c1-15(2)31-22(10-21(29-31)16-7-18(12-28-11-16)34-24(26)27)23-19-8-17(9-20(19)23)30-5-3-25(4-6-30)13-35(32,33)14-25/h7,10-12,15,17,19-20,23-24H,3-6,8-9,13-14H2,1-2H3/t17?,19-,20+,23?. The largest absolute Gasteiger partial charge is 0.433 e. The molecule has 2 saturated carbocycles. The van der Waals surface area contributed by atoms with Crippen molar-refractivity contribution in [3.8, 4) is 17.0 Å². The maximum Gasteiger partial charge on any atom is 0.387 e. The Morgan fingerprint density at radius 1 is 1.09 bits per heavy atom. The zero-order valence-corrected chi connectivity index (χ0v) is 20.9. The molecule has 35 heavy (non-hydrogen) atoms. The van der Waals surface area contributed by atoms with Crippen molar-refractivity contribution in [1.29, 1.82) is 0 Å². The van der Waals surface area contributed by atoms with Gasteiger partial charge in [-0.15, -0.1) is 0 Å². The van der Waals surface area contributed by atoms with E-state index in [4.69, 9.17) is 5.10 Å². The van der Waals surface area contributed by atoms with Crippen molar-refractivity contribution >= 4 is 9.84 Å². The zero-order valence-electron chi connectivity index (χ0n) is 20.1. The Hall–Kier alpha value is -2.07. The number of nitrogens with zero attached hydrogens (tertiary/aromatic N) is 4. The molecule has 0 N–H and O–H groups in total. The van der Waals surface area contributed by atoms with Gasteiger partial charge in [-0.1, -0.05) is 0 Å². The van der Waals surface area contributed by atoms with Gasteiger partial charge in [-0.05, 0) is 76.6 Å². The molecule has 6 rings (SSSR count). The number of alkyl halides is 2. The molecule has 4 atom stereocenters. The van der Waals surface area contributed by atoms with Crippen LogP contribution in [0.1, 0.15) is 57.2 Å². The number of fused-ring (bicyclic) bond motifs is 1. The van der Waals surface area contributed by atoms with Crippen LogP contribution in [0, 0.1) is 17.3 Å². The van der Waals surface area contributed by atoms with Crippen molar-refractivity contribution in [2.75, 3.05) is 24.6 Å². The van der Waals surface area contributed by atoms with Crippen molar-refractivity contribution in [3.05, 3.63) is 30.2 Å². The van der Waals surface area contributed by atoms with Crippen molar-refractivity contribution in [1.82, 2.24) is 19.7 Å². The van der Waals surface area contributed by atoms with Gasteiger partial charge in [0.25, 0.3) is 0 Å². The third-order valence-corrected chi connectivity index (χ3v) is 10.8. The molecule has 190 valence electrons. The van der Waals surface area contributed by atoms with Gasteiger partial charge in [0.05, 0.1) is 23.4 Å². The fraction of sp³-hybridized carbons (Fsp3) is 0.680. The molecule has 4 aliphatic rings. The second-order valence-electron chi connectivity index (χ2n) is 11.3. The van der Waals surface area contributed by atoms with Crippen LogP contribution >= 0.6 is 0 Å². The monoisotopic (exact) mass is 506 g/mol. The van der Waals surface area contributed by atoms with Crippen molar-refractivity contribution in [2.45, 2.75) is 64.1 Å². The Morgan fingerprint density at radius 2 is 1.77 bits per heavy atom. The van der Waals surface area contributed by atoms with Gasteiger partial charge in [0, 0.05) is 40.9 Å². The molecule has 2 saturated heterocycles. The fourth-order valence-electron chi connectivity index (χ4n) is 7.03. The number of piperidine rings is 1. The minimum absolute atomic E-state index is 0.0343. The summed E-state index contributed by atoms with van der Waals surface area (Å²) < 4.78 is 55.2.